The summed E-state index contributed by atoms with van der Waals surface area (Å²) in [5.74, 6) is -0.785. The molecule has 138 valence electrons. The third kappa shape index (κ3) is 5.89. The summed E-state index contributed by atoms with van der Waals surface area (Å²) in [5, 5.41) is 12.5. The molecule has 0 spiro atoms. The molecule has 0 aromatic heterocycles. The summed E-state index contributed by atoms with van der Waals surface area (Å²) < 4.78 is 10.1. The van der Waals surface area contributed by atoms with E-state index in [1.807, 2.05) is 42.5 Å². The summed E-state index contributed by atoms with van der Waals surface area (Å²) in [4.78, 5) is 22.8. The van der Waals surface area contributed by atoms with Crippen LogP contribution in [0.2, 0.25) is 0 Å². The minimum Gasteiger partial charge on any atom is -0.480 e. The molecule has 0 saturated carbocycles. The van der Waals surface area contributed by atoms with Crippen molar-refractivity contribution in [3.05, 3.63) is 65.7 Å². The van der Waals surface area contributed by atoms with Crippen LogP contribution in [0.3, 0.4) is 0 Å². The van der Waals surface area contributed by atoms with Crippen molar-refractivity contribution in [1.82, 2.24) is 5.32 Å². The zero-order chi connectivity index (χ0) is 18.9. The third-order valence-electron chi connectivity index (χ3n) is 3.90. The van der Waals surface area contributed by atoms with Crippen molar-refractivity contribution in [2.24, 2.45) is 0 Å². The highest BCUT2D eigenvalue weighted by Gasteiger charge is 2.17. The average Bonchev–Trinajstić information content (AvgIpc) is 2.66. The van der Waals surface area contributed by atoms with Crippen molar-refractivity contribution in [2.45, 2.75) is 32.0 Å². The van der Waals surface area contributed by atoms with Gasteiger partial charge in [-0.05, 0) is 36.6 Å². The molecule has 0 fully saturated rings. The van der Waals surface area contributed by atoms with Crippen molar-refractivity contribution < 1.29 is 24.2 Å². The molecule has 2 aromatic carbocycles. The van der Waals surface area contributed by atoms with Crippen LogP contribution in [0.1, 0.15) is 18.1 Å². The van der Waals surface area contributed by atoms with Crippen LogP contribution in [0.25, 0.3) is 0 Å². The third-order valence-corrected chi connectivity index (χ3v) is 3.90. The maximum Gasteiger partial charge on any atom is 0.346 e. The molecule has 1 unspecified atom stereocenters. The molecule has 2 atom stereocenters. The summed E-state index contributed by atoms with van der Waals surface area (Å²) in [7, 11) is 1.31. The Bertz CT molecular complexity index is 715. The fraction of sp³-hybridized carbons (Fsp3) is 0.300. The quantitative estimate of drug-likeness (QED) is 0.671. The fourth-order valence-corrected chi connectivity index (χ4v) is 2.44. The second-order valence-electron chi connectivity index (χ2n) is 5.89. The first kappa shape index (κ1) is 19.5. The van der Waals surface area contributed by atoms with Crippen molar-refractivity contribution in [1.29, 1.82) is 0 Å². The van der Waals surface area contributed by atoms with Crippen LogP contribution in [-0.2, 0) is 27.3 Å². The second-order valence-corrected chi connectivity index (χ2v) is 5.89. The number of carbonyl (C=O) groups is 2. The smallest absolute Gasteiger partial charge is 0.346 e. The van der Waals surface area contributed by atoms with Gasteiger partial charge in [0.15, 0.2) is 6.10 Å². The predicted octanol–water partition coefficient (Wildman–Crippen LogP) is 2.41. The average molecular weight is 357 g/mol. The van der Waals surface area contributed by atoms with Gasteiger partial charge in [-0.3, -0.25) is 4.79 Å². The monoisotopic (exact) mass is 357 g/mol. The van der Waals surface area contributed by atoms with Crippen molar-refractivity contribution in [2.75, 3.05) is 7.11 Å². The summed E-state index contributed by atoms with van der Waals surface area (Å²) in [6.07, 6.45) is -0.278. The zero-order valence-corrected chi connectivity index (χ0v) is 14.8. The van der Waals surface area contributed by atoms with E-state index < -0.39 is 24.1 Å². The SMILES string of the molecule is COC(=O)C(C)Oc1ccc(CN[C@@H](Cc2ccccc2)C(=O)O)cc1. The number of carboxylic acids is 1. The minimum atomic E-state index is -0.888. The fourth-order valence-electron chi connectivity index (χ4n) is 2.44. The van der Waals surface area contributed by atoms with Gasteiger partial charge in [-0.1, -0.05) is 42.5 Å². The molecule has 2 rings (SSSR count). The van der Waals surface area contributed by atoms with Crippen molar-refractivity contribution in [3.63, 3.8) is 0 Å². The van der Waals surface area contributed by atoms with Crippen LogP contribution in [0, 0.1) is 0 Å². The van der Waals surface area contributed by atoms with E-state index in [1.54, 1.807) is 19.1 Å². The minimum absolute atomic E-state index is 0.411. The highest BCUT2D eigenvalue weighted by molar-refractivity contribution is 5.74. The highest BCUT2D eigenvalue weighted by atomic mass is 16.6. The molecule has 0 amide bonds. The Balaban J connectivity index is 1.91. The van der Waals surface area contributed by atoms with Gasteiger partial charge in [-0.15, -0.1) is 0 Å². The molecule has 0 aliphatic carbocycles. The Morgan fingerprint density at radius 2 is 1.69 bits per heavy atom. The molecule has 0 saturated heterocycles. The molecule has 0 bridgehead atoms. The number of aliphatic carboxylic acids is 1. The number of rotatable bonds is 9. The van der Waals surface area contributed by atoms with Gasteiger partial charge < -0.3 is 19.9 Å². The van der Waals surface area contributed by atoms with Gasteiger partial charge in [0.1, 0.15) is 11.8 Å². The van der Waals surface area contributed by atoms with Crippen molar-refractivity contribution >= 4 is 11.9 Å². The molecule has 0 radical (unpaired) electrons. The molecular weight excluding hydrogens is 334 g/mol. The Labute approximate surface area is 152 Å². The topological polar surface area (TPSA) is 84.9 Å². The number of nitrogens with one attached hydrogen (secondary N) is 1. The van der Waals surface area contributed by atoms with Crippen LogP contribution in [0.15, 0.2) is 54.6 Å². The van der Waals surface area contributed by atoms with Gasteiger partial charge >= 0.3 is 11.9 Å². The highest BCUT2D eigenvalue weighted by Crippen LogP contribution is 2.15. The molecule has 0 aliphatic rings. The number of carboxylic acid groups (broad SMARTS) is 1. The van der Waals surface area contributed by atoms with Gasteiger partial charge in [-0.25, -0.2) is 4.79 Å². The van der Waals surface area contributed by atoms with E-state index in [4.69, 9.17) is 4.74 Å². The van der Waals surface area contributed by atoms with Gasteiger partial charge in [0.25, 0.3) is 0 Å². The number of methoxy groups -OCH3 is 1. The zero-order valence-electron chi connectivity index (χ0n) is 14.8. The van der Waals surface area contributed by atoms with Gasteiger partial charge in [0.05, 0.1) is 7.11 Å². The summed E-state index contributed by atoms with van der Waals surface area (Å²) >= 11 is 0. The first-order valence-electron chi connectivity index (χ1n) is 8.33. The van der Waals surface area contributed by atoms with E-state index in [0.29, 0.717) is 18.7 Å². The molecule has 6 heteroatoms. The second kappa shape index (κ2) is 9.58. The Hall–Kier alpha value is -2.86. The molecule has 6 nitrogen and oxygen atoms in total. The summed E-state index contributed by atoms with van der Waals surface area (Å²) in [5.41, 5.74) is 1.88. The molecule has 2 aromatic rings. The Morgan fingerprint density at radius 1 is 1.04 bits per heavy atom. The van der Waals surface area contributed by atoms with E-state index in [0.717, 1.165) is 11.1 Å². The predicted molar refractivity (Wildman–Crippen MR) is 97.0 cm³/mol. The maximum absolute atomic E-state index is 11.5. The van der Waals surface area contributed by atoms with Crippen molar-refractivity contribution in [3.8, 4) is 5.75 Å². The Kier molecular flexibility index (Phi) is 7.17. The summed E-state index contributed by atoms with van der Waals surface area (Å²) in [6, 6.07) is 16.0. The molecule has 2 N–H and O–H groups in total. The number of hydrogen-bond acceptors (Lipinski definition) is 5. The lowest BCUT2D eigenvalue weighted by Gasteiger charge is -2.15. The maximum atomic E-state index is 11.5. The lowest BCUT2D eigenvalue weighted by molar-refractivity contribution is -0.148. The van der Waals surface area contributed by atoms with Crippen LogP contribution in [-0.4, -0.2) is 36.3 Å². The van der Waals surface area contributed by atoms with E-state index in [9.17, 15) is 14.7 Å². The normalized spacial score (nSPS) is 12.8. The van der Waals surface area contributed by atoms with E-state index in [2.05, 4.69) is 10.1 Å². The molecule has 0 aliphatic heterocycles. The molecule has 26 heavy (non-hydrogen) atoms. The van der Waals surface area contributed by atoms with Gasteiger partial charge in [-0.2, -0.15) is 0 Å². The summed E-state index contributed by atoms with van der Waals surface area (Å²) in [6.45, 7) is 2.03. The number of carbonyl (C=O) groups excluding carboxylic acids is 1. The van der Waals surface area contributed by atoms with Crippen LogP contribution in [0.4, 0.5) is 0 Å². The van der Waals surface area contributed by atoms with E-state index >= 15 is 0 Å². The number of hydrogen-bond donors (Lipinski definition) is 2. The lowest BCUT2D eigenvalue weighted by atomic mass is 10.1. The number of ether oxygens (including phenoxy) is 2. The van der Waals surface area contributed by atoms with E-state index in [-0.39, 0.29) is 0 Å². The molecule has 0 heterocycles. The first-order chi connectivity index (χ1) is 12.5. The lowest BCUT2D eigenvalue weighted by Crippen LogP contribution is -2.38. The molecular formula is C20H23NO5. The number of esters is 1. The van der Waals surface area contributed by atoms with Gasteiger partial charge in [0.2, 0.25) is 0 Å². The Morgan fingerprint density at radius 3 is 2.27 bits per heavy atom. The van der Waals surface area contributed by atoms with Crippen LogP contribution < -0.4 is 10.1 Å². The number of benzene rings is 2. The standard InChI is InChI=1S/C20H23NO5/c1-14(20(24)25-2)26-17-10-8-16(9-11-17)13-21-18(19(22)23)12-15-6-4-3-5-7-15/h3-11,14,18,21H,12-13H2,1-2H3,(H,22,23)/t14?,18-/m0/s1. The van der Waals surface area contributed by atoms with Crippen LogP contribution in [0.5, 0.6) is 5.75 Å². The van der Waals surface area contributed by atoms with Crippen LogP contribution >= 0.6 is 0 Å². The first-order valence-corrected chi connectivity index (χ1v) is 8.33. The van der Waals surface area contributed by atoms with Gasteiger partial charge in [0, 0.05) is 6.54 Å². The van der Waals surface area contributed by atoms with E-state index in [1.165, 1.54) is 7.11 Å². The largest absolute Gasteiger partial charge is 0.480 e.